The summed E-state index contributed by atoms with van der Waals surface area (Å²) in [6.45, 7) is 0.447. The molecule has 0 bridgehead atoms. The maximum Gasteiger partial charge on any atom is 0.225 e. The van der Waals surface area contributed by atoms with E-state index in [0.717, 1.165) is 15.8 Å². The molecule has 0 aliphatic carbocycles. The van der Waals surface area contributed by atoms with Gasteiger partial charge in [-0.05, 0) is 29.1 Å². The van der Waals surface area contributed by atoms with Crippen LogP contribution in [-0.2, 0) is 6.61 Å². The molecule has 18 heavy (non-hydrogen) atoms. The molecule has 1 aromatic carbocycles. The number of hydrogen-bond acceptors (Lipinski definition) is 4. The first-order valence-corrected chi connectivity index (χ1v) is 6.64. The van der Waals surface area contributed by atoms with Crippen LogP contribution in [0.3, 0.4) is 0 Å². The smallest absolute Gasteiger partial charge is 0.225 e. The van der Waals surface area contributed by atoms with Gasteiger partial charge in [-0.15, -0.1) is 11.3 Å². The summed E-state index contributed by atoms with van der Waals surface area (Å²) >= 11 is 7.50. The van der Waals surface area contributed by atoms with Gasteiger partial charge < -0.3 is 4.74 Å². The highest BCUT2D eigenvalue weighted by Gasteiger charge is 2.05. The molecule has 3 rings (SSSR count). The molecule has 0 N–H and O–H groups in total. The lowest BCUT2D eigenvalue weighted by atomic mass is 10.2. The molecule has 2 heterocycles. The minimum atomic E-state index is 0.447. The van der Waals surface area contributed by atoms with E-state index >= 15 is 0 Å². The minimum Gasteiger partial charge on any atom is -0.472 e. The van der Waals surface area contributed by atoms with Crippen LogP contribution in [0.4, 0.5) is 0 Å². The number of hydrogen-bond donors (Lipinski definition) is 0. The van der Waals surface area contributed by atoms with Crippen molar-refractivity contribution in [2.24, 2.45) is 0 Å². The number of ether oxygens (including phenoxy) is 1. The maximum absolute atomic E-state index is 5.92. The van der Waals surface area contributed by atoms with Crippen molar-refractivity contribution >= 4 is 33.2 Å². The van der Waals surface area contributed by atoms with E-state index in [1.807, 2.05) is 35.7 Å². The molecule has 2 aromatic heterocycles. The Balaban J connectivity index is 1.83. The van der Waals surface area contributed by atoms with Gasteiger partial charge in [0.05, 0.1) is 5.39 Å². The van der Waals surface area contributed by atoms with E-state index in [1.165, 1.54) is 6.33 Å². The van der Waals surface area contributed by atoms with Crippen molar-refractivity contribution in [1.82, 2.24) is 9.97 Å². The first-order chi connectivity index (χ1) is 8.83. The summed E-state index contributed by atoms with van der Waals surface area (Å²) in [5.41, 5.74) is 1.02. The second-order valence-corrected chi connectivity index (χ2v) is 5.07. The third kappa shape index (κ3) is 2.30. The number of benzene rings is 1. The van der Waals surface area contributed by atoms with Crippen molar-refractivity contribution in [1.29, 1.82) is 0 Å². The summed E-state index contributed by atoms with van der Waals surface area (Å²) in [5.74, 6) is 0.612. The van der Waals surface area contributed by atoms with Crippen LogP contribution in [0.25, 0.3) is 10.2 Å². The Labute approximate surface area is 113 Å². The predicted octanol–water partition coefficient (Wildman–Crippen LogP) is 3.92. The Kier molecular flexibility index (Phi) is 3.13. The first-order valence-electron chi connectivity index (χ1n) is 5.38. The molecule has 90 valence electrons. The molecule has 0 spiro atoms. The van der Waals surface area contributed by atoms with Crippen LogP contribution in [0, 0.1) is 0 Å². The number of fused-ring (bicyclic) bond motifs is 1. The monoisotopic (exact) mass is 276 g/mol. The summed E-state index contributed by atoms with van der Waals surface area (Å²) in [6.07, 6.45) is 1.52. The molecule has 0 aliphatic rings. The maximum atomic E-state index is 5.92. The zero-order valence-electron chi connectivity index (χ0n) is 9.34. The molecule has 3 nitrogen and oxygen atoms in total. The number of thiophene rings is 1. The number of aromatic nitrogens is 2. The average Bonchev–Trinajstić information content (AvgIpc) is 2.85. The molecule has 0 radical (unpaired) electrons. The Morgan fingerprint density at radius 1 is 1.22 bits per heavy atom. The van der Waals surface area contributed by atoms with Crippen molar-refractivity contribution in [2.75, 3.05) is 0 Å². The fourth-order valence-corrected chi connectivity index (χ4v) is 2.60. The lowest BCUT2D eigenvalue weighted by Gasteiger charge is -2.06. The van der Waals surface area contributed by atoms with E-state index in [2.05, 4.69) is 9.97 Å². The molecule has 0 atom stereocenters. The van der Waals surface area contributed by atoms with Crippen LogP contribution >= 0.6 is 22.9 Å². The SMILES string of the molecule is Clc1cccc(COc2ncnc3sccc23)c1. The summed E-state index contributed by atoms with van der Waals surface area (Å²) in [4.78, 5) is 9.27. The molecular weight excluding hydrogens is 268 g/mol. The second kappa shape index (κ2) is 4.92. The predicted molar refractivity (Wildman–Crippen MR) is 73.2 cm³/mol. The van der Waals surface area contributed by atoms with Crippen molar-refractivity contribution in [2.45, 2.75) is 6.61 Å². The summed E-state index contributed by atoms with van der Waals surface area (Å²) in [6, 6.07) is 9.56. The van der Waals surface area contributed by atoms with E-state index in [1.54, 1.807) is 11.3 Å². The number of rotatable bonds is 3. The van der Waals surface area contributed by atoms with Gasteiger partial charge in [-0.25, -0.2) is 9.97 Å². The Morgan fingerprint density at radius 3 is 3.06 bits per heavy atom. The zero-order chi connectivity index (χ0) is 12.4. The zero-order valence-corrected chi connectivity index (χ0v) is 10.9. The Bertz CT molecular complexity index is 683. The minimum absolute atomic E-state index is 0.447. The van der Waals surface area contributed by atoms with Gasteiger partial charge in [0.15, 0.2) is 0 Å². The van der Waals surface area contributed by atoms with Crippen LogP contribution in [0.5, 0.6) is 5.88 Å². The number of nitrogens with zero attached hydrogens (tertiary/aromatic N) is 2. The molecule has 0 saturated carbocycles. The van der Waals surface area contributed by atoms with Crippen LogP contribution in [0.2, 0.25) is 5.02 Å². The molecule has 0 saturated heterocycles. The summed E-state index contributed by atoms with van der Waals surface area (Å²) in [5, 5.41) is 3.63. The third-order valence-corrected chi connectivity index (χ3v) is 3.55. The third-order valence-electron chi connectivity index (χ3n) is 2.49. The normalized spacial score (nSPS) is 10.7. The summed E-state index contributed by atoms with van der Waals surface area (Å²) in [7, 11) is 0. The molecule has 3 aromatic rings. The van der Waals surface area contributed by atoms with Gasteiger partial charge in [0.2, 0.25) is 5.88 Å². The lowest BCUT2D eigenvalue weighted by molar-refractivity contribution is 0.297. The van der Waals surface area contributed by atoms with Gasteiger partial charge >= 0.3 is 0 Å². The highest BCUT2D eigenvalue weighted by atomic mass is 35.5. The quantitative estimate of drug-likeness (QED) is 0.727. The largest absolute Gasteiger partial charge is 0.472 e. The molecule has 5 heteroatoms. The van der Waals surface area contributed by atoms with Crippen molar-refractivity contribution in [3.63, 3.8) is 0 Å². The van der Waals surface area contributed by atoms with Crippen LogP contribution in [0.15, 0.2) is 42.0 Å². The Hall–Kier alpha value is -1.65. The highest BCUT2D eigenvalue weighted by molar-refractivity contribution is 7.16. The molecular formula is C13H9ClN2OS. The van der Waals surface area contributed by atoms with Crippen LogP contribution in [-0.4, -0.2) is 9.97 Å². The standard InChI is InChI=1S/C13H9ClN2OS/c14-10-3-1-2-9(6-10)7-17-12-11-4-5-18-13(11)16-8-15-12/h1-6,8H,7H2. The molecule has 0 amide bonds. The van der Waals surface area contributed by atoms with Gasteiger partial charge in [0, 0.05) is 5.02 Å². The summed E-state index contributed by atoms with van der Waals surface area (Å²) < 4.78 is 5.72. The van der Waals surface area contributed by atoms with Gasteiger partial charge in [-0.3, -0.25) is 0 Å². The highest BCUT2D eigenvalue weighted by Crippen LogP contribution is 2.26. The van der Waals surface area contributed by atoms with E-state index in [-0.39, 0.29) is 0 Å². The fraction of sp³-hybridized carbons (Fsp3) is 0.0769. The topological polar surface area (TPSA) is 35.0 Å². The van der Waals surface area contributed by atoms with Crippen LogP contribution in [0.1, 0.15) is 5.56 Å². The van der Waals surface area contributed by atoms with Gasteiger partial charge in [0.25, 0.3) is 0 Å². The first kappa shape index (κ1) is 11.4. The van der Waals surface area contributed by atoms with Gasteiger partial charge in [-0.2, -0.15) is 0 Å². The lowest BCUT2D eigenvalue weighted by Crippen LogP contribution is -1.97. The van der Waals surface area contributed by atoms with Crippen molar-refractivity contribution in [3.05, 3.63) is 52.6 Å². The van der Waals surface area contributed by atoms with E-state index in [0.29, 0.717) is 17.5 Å². The second-order valence-electron chi connectivity index (χ2n) is 3.74. The van der Waals surface area contributed by atoms with Gasteiger partial charge in [0.1, 0.15) is 17.8 Å². The Morgan fingerprint density at radius 2 is 2.17 bits per heavy atom. The van der Waals surface area contributed by atoms with Crippen molar-refractivity contribution in [3.8, 4) is 5.88 Å². The van der Waals surface area contributed by atoms with E-state index in [9.17, 15) is 0 Å². The van der Waals surface area contributed by atoms with Crippen LogP contribution < -0.4 is 4.74 Å². The van der Waals surface area contributed by atoms with E-state index in [4.69, 9.17) is 16.3 Å². The van der Waals surface area contributed by atoms with Crippen molar-refractivity contribution < 1.29 is 4.74 Å². The molecule has 0 aliphatic heterocycles. The fourth-order valence-electron chi connectivity index (χ4n) is 1.66. The number of halogens is 1. The average molecular weight is 277 g/mol. The molecule has 0 fully saturated rings. The van der Waals surface area contributed by atoms with E-state index < -0.39 is 0 Å². The molecule has 0 unspecified atom stereocenters. The van der Waals surface area contributed by atoms with Gasteiger partial charge in [-0.1, -0.05) is 23.7 Å².